The number of hydrogen-bond donors (Lipinski definition) is 2. The molecule has 0 aliphatic carbocycles. The first kappa shape index (κ1) is 17.5. The molecule has 0 bridgehead atoms. The zero-order chi connectivity index (χ0) is 17.3. The topological polar surface area (TPSA) is 89.5 Å². The highest BCUT2D eigenvalue weighted by molar-refractivity contribution is 5.79. The lowest BCUT2D eigenvalue weighted by Crippen LogP contribution is -2.43. The Morgan fingerprint density at radius 3 is 3.08 bits per heavy atom. The van der Waals surface area contributed by atoms with Crippen LogP contribution in [0.2, 0.25) is 0 Å². The Labute approximate surface area is 147 Å². The van der Waals surface area contributed by atoms with E-state index in [1.165, 1.54) is 12.7 Å². The second-order valence-corrected chi connectivity index (χ2v) is 6.09. The third-order valence-corrected chi connectivity index (χ3v) is 4.20. The number of nitrogens with zero attached hydrogens (tertiary/aromatic N) is 4. The Kier molecular flexibility index (Phi) is 6.44. The van der Waals surface area contributed by atoms with Crippen molar-refractivity contribution in [1.82, 2.24) is 25.4 Å². The molecule has 0 aromatic carbocycles. The van der Waals surface area contributed by atoms with Crippen LogP contribution in [-0.4, -0.2) is 46.5 Å². The maximum Gasteiger partial charge on any atom is 0.191 e. The third kappa shape index (κ3) is 5.60. The molecule has 1 aliphatic heterocycles. The number of ether oxygens (including phenoxy) is 1. The van der Waals surface area contributed by atoms with Gasteiger partial charge in [-0.2, -0.15) is 5.10 Å². The van der Waals surface area contributed by atoms with Gasteiger partial charge in [0, 0.05) is 33.2 Å². The minimum Gasteiger partial charge on any atom is -0.469 e. The molecule has 1 unspecified atom stereocenters. The quantitative estimate of drug-likeness (QED) is 0.579. The van der Waals surface area contributed by atoms with E-state index in [2.05, 4.69) is 25.7 Å². The number of aryl methyl sites for hydroxylation is 1. The molecule has 0 radical (unpaired) electrons. The first-order chi connectivity index (χ1) is 12.3. The van der Waals surface area contributed by atoms with Crippen LogP contribution < -0.4 is 10.6 Å². The monoisotopic (exact) mass is 346 g/mol. The van der Waals surface area contributed by atoms with Gasteiger partial charge < -0.3 is 19.8 Å². The number of aromatic nitrogens is 3. The van der Waals surface area contributed by atoms with Crippen molar-refractivity contribution in [2.24, 2.45) is 12.0 Å². The Morgan fingerprint density at radius 2 is 2.36 bits per heavy atom. The fourth-order valence-corrected chi connectivity index (χ4v) is 2.73. The van der Waals surface area contributed by atoms with Gasteiger partial charge in [0.05, 0.1) is 12.4 Å². The summed E-state index contributed by atoms with van der Waals surface area (Å²) in [7, 11) is 1.87. The summed E-state index contributed by atoms with van der Waals surface area (Å²) in [4.78, 5) is 8.82. The summed E-state index contributed by atoms with van der Waals surface area (Å²) in [6.07, 6.45) is 7.76. The minimum atomic E-state index is 0.251. The standard InChI is InChI=1S/C17H26N6O2/c1-23-16(21-13-22-23)12-20-17(18-8-7-14-6-4-10-24-14)19-11-15-5-2-3-9-25-15/h4,6,10,13,15H,2-3,5,7-9,11-12H2,1H3,(H2,18,19,20). The summed E-state index contributed by atoms with van der Waals surface area (Å²) in [5, 5.41) is 10.8. The highest BCUT2D eigenvalue weighted by Gasteiger charge is 2.14. The van der Waals surface area contributed by atoms with Gasteiger partial charge in [0.1, 0.15) is 24.5 Å². The average molecular weight is 346 g/mol. The normalized spacial score (nSPS) is 18.3. The van der Waals surface area contributed by atoms with Crippen LogP contribution in [0, 0.1) is 0 Å². The molecule has 2 aromatic heterocycles. The van der Waals surface area contributed by atoms with Crippen LogP contribution in [-0.2, 0) is 24.8 Å². The van der Waals surface area contributed by atoms with Crippen LogP contribution in [0.4, 0.5) is 0 Å². The van der Waals surface area contributed by atoms with E-state index in [0.29, 0.717) is 6.54 Å². The lowest BCUT2D eigenvalue weighted by atomic mass is 10.1. The van der Waals surface area contributed by atoms with E-state index in [0.717, 1.165) is 56.5 Å². The Bertz CT molecular complexity index is 646. The zero-order valence-electron chi connectivity index (χ0n) is 14.6. The Morgan fingerprint density at radius 1 is 1.40 bits per heavy atom. The van der Waals surface area contributed by atoms with Gasteiger partial charge in [0.15, 0.2) is 5.96 Å². The van der Waals surface area contributed by atoms with E-state index in [4.69, 9.17) is 9.15 Å². The molecular formula is C17H26N6O2. The minimum absolute atomic E-state index is 0.251. The first-order valence-electron chi connectivity index (χ1n) is 8.80. The highest BCUT2D eigenvalue weighted by atomic mass is 16.5. The van der Waals surface area contributed by atoms with E-state index >= 15 is 0 Å². The summed E-state index contributed by atoms with van der Waals surface area (Å²) in [5.41, 5.74) is 0. The highest BCUT2D eigenvalue weighted by Crippen LogP contribution is 2.11. The predicted molar refractivity (Wildman–Crippen MR) is 94.2 cm³/mol. The molecule has 3 heterocycles. The lowest BCUT2D eigenvalue weighted by molar-refractivity contribution is 0.0194. The number of guanidine groups is 1. The fraction of sp³-hybridized carbons (Fsp3) is 0.588. The first-order valence-corrected chi connectivity index (χ1v) is 8.80. The van der Waals surface area contributed by atoms with Crippen LogP contribution in [0.15, 0.2) is 34.1 Å². The second-order valence-electron chi connectivity index (χ2n) is 6.09. The van der Waals surface area contributed by atoms with Gasteiger partial charge in [-0.05, 0) is 31.4 Å². The molecule has 1 aliphatic rings. The van der Waals surface area contributed by atoms with Crippen molar-refractivity contribution < 1.29 is 9.15 Å². The molecule has 8 heteroatoms. The van der Waals surface area contributed by atoms with E-state index in [1.807, 2.05) is 19.2 Å². The van der Waals surface area contributed by atoms with Crippen LogP contribution in [0.25, 0.3) is 0 Å². The molecule has 2 aromatic rings. The number of hydrogen-bond acceptors (Lipinski definition) is 5. The molecule has 1 fully saturated rings. The Balaban J connectivity index is 1.52. The molecule has 8 nitrogen and oxygen atoms in total. The number of aliphatic imine (C=N–C) groups is 1. The average Bonchev–Trinajstić information content (AvgIpc) is 3.29. The summed E-state index contributed by atoms with van der Waals surface area (Å²) >= 11 is 0. The van der Waals surface area contributed by atoms with Crippen LogP contribution >= 0.6 is 0 Å². The second kappa shape index (κ2) is 9.22. The smallest absolute Gasteiger partial charge is 0.191 e. The SMILES string of the molecule is Cn1ncnc1CN=C(NCCc1ccco1)NCC1CCCCO1. The van der Waals surface area contributed by atoms with Crippen LogP contribution in [0.3, 0.4) is 0 Å². The van der Waals surface area contributed by atoms with E-state index in [9.17, 15) is 0 Å². The van der Waals surface area contributed by atoms with Gasteiger partial charge in [0.2, 0.25) is 0 Å². The molecule has 1 saturated heterocycles. The van der Waals surface area contributed by atoms with Crippen molar-refractivity contribution in [2.45, 2.75) is 38.3 Å². The molecule has 0 spiro atoms. The lowest BCUT2D eigenvalue weighted by Gasteiger charge is -2.23. The van der Waals surface area contributed by atoms with Crippen LogP contribution in [0.5, 0.6) is 0 Å². The van der Waals surface area contributed by atoms with Crippen molar-refractivity contribution in [2.75, 3.05) is 19.7 Å². The van der Waals surface area contributed by atoms with E-state index < -0.39 is 0 Å². The molecule has 2 N–H and O–H groups in total. The molecule has 0 saturated carbocycles. The number of rotatable bonds is 7. The number of nitrogens with one attached hydrogen (secondary N) is 2. The number of furan rings is 1. The summed E-state index contributed by atoms with van der Waals surface area (Å²) in [6.45, 7) is 2.82. The van der Waals surface area contributed by atoms with Crippen molar-refractivity contribution in [3.8, 4) is 0 Å². The molecule has 3 rings (SSSR count). The van der Waals surface area contributed by atoms with E-state index in [-0.39, 0.29) is 6.10 Å². The van der Waals surface area contributed by atoms with Crippen molar-refractivity contribution in [3.63, 3.8) is 0 Å². The van der Waals surface area contributed by atoms with Crippen LogP contribution in [0.1, 0.15) is 30.8 Å². The predicted octanol–water partition coefficient (Wildman–Crippen LogP) is 1.26. The summed E-state index contributed by atoms with van der Waals surface area (Å²) < 4.78 is 12.9. The molecular weight excluding hydrogens is 320 g/mol. The van der Waals surface area contributed by atoms with Gasteiger partial charge in [-0.25, -0.2) is 9.98 Å². The summed E-state index contributed by atoms with van der Waals surface area (Å²) in [6, 6.07) is 3.87. The zero-order valence-corrected chi connectivity index (χ0v) is 14.6. The fourth-order valence-electron chi connectivity index (χ4n) is 2.73. The van der Waals surface area contributed by atoms with E-state index in [1.54, 1.807) is 10.9 Å². The largest absolute Gasteiger partial charge is 0.469 e. The Hall–Kier alpha value is -2.35. The van der Waals surface area contributed by atoms with Gasteiger partial charge >= 0.3 is 0 Å². The van der Waals surface area contributed by atoms with Crippen molar-refractivity contribution in [3.05, 3.63) is 36.3 Å². The van der Waals surface area contributed by atoms with Gasteiger partial charge in [0.25, 0.3) is 0 Å². The maximum absolute atomic E-state index is 5.77. The maximum atomic E-state index is 5.77. The molecule has 0 amide bonds. The van der Waals surface area contributed by atoms with Crippen molar-refractivity contribution >= 4 is 5.96 Å². The molecule has 136 valence electrons. The molecule has 25 heavy (non-hydrogen) atoms. The molecule has 1 atom stereocenters. The van der Waals surface area contributed by atoms with Crippen molar-refractivity contribution in [1.29, 1.82) is 0 Å². The van der Waals surface area contributed by atoms with Gasteiger partial charge in [-0.1, -0.05) is 0 Å². The third-order valence-electron chi connectivity index (χ3n) is 4.20. The van der Waals surface area contributed by atoms with Gasteiger partial charge in [-0.3, -0.25) is 4.68 Å². The van der Waals surface area contributed by atoms with Gasteiger partial charge in [-0.15, -0.1) is 0 Å². The summed E-state index contributed by atoms with van der Waals surface area (Å²) in [5.74, 6) is 2.53.